The third-order valence-corrected chi connectivity index (χ3v) is 4.18. The van der Waals surface area contributed by atoms with E-state index in [1.54, 1.807) is 11.1 Å². The summed E-state index contributed by atoms with van der Waals surface area (Å²) in [5.41, 5.74) is 3.17. The van der Waals surface area contributed by atoms with Crippen LogP contribution in [0.25, 0.3) is 0 Å². The predicted molar refractivity (Wildman–Crippen MR) is 78.4 cm³/mol. The SMILES string of the molecule is CC1CN(C2CCCc3ccccc32)CCN1.Cl. The van der Waals surface area contributed by atoms with E-state index in [1.165, 1.54) is 32.4 Å². The van der Waals surface area contributed by atoms with Crippen LogP contribution in [0.4, 0.5) is 0 Å². The minimum Gasteiger partial charge on any atom is -0.312 e. The molecule has 100 valence electrons. The van der Waals surface area contributed by atoms with Gasteiger partial charge in [-0.25, -0.2) is 0 Å². The van der Waals surface area contributed by atoms with Gasteiger partial charge in [0.05, 0.1) is 0 Å². The lowest BCUT2D eigenvalue weighted by Gasteiger charge is -2.40. The third-order valence-electron chi connectivity index (χ3n) is 4.18. The number of piperazine rings is 1. The molecule has 0 amide bonds. The summed E-state index contributed by atoms with van der Waals surface area (Å²) in [6.07, 6.45) is 3.96. The largest absolute Gasteiger partial charge is 0.312 e. The summed E-state index contributed by atoms with van der Waals surface area (Å²) in [5.74, 6) is 0. The van der Waals surface area contributed by atoms with Crippen molar-refractivity contribution >= 4 is 12.4 Å². The summed E-state index contributed by atoms with van der Waals surface area (Å²) in [6, 6.07) is 10.3. The molecule has 3 heteroatoms. The Morgan fingerprint density at radius 3 is 2.94 bits per heavy atom. The predicted octanol–water partition coefficient (Wildman–Crippen LogP) is 2.78. The number of nitrogens with zero attached hydrogens (tertiary/aromatic N) is 1. The number of aryl methyl sites for hydroxylation is 1. The van der Waals surface area contributed by atoms with Crippen molar-refractivity contribution in [3.8, 4) is 0 Å². The van der Waals surface area contributed by atoms with Gasteiger partial charge in [-0.2, -0.15) is 0 Å². The topological polar surface area (TPSA) is 15.3 Å². The van der Waals surface area contributed by atoms with Crippen LogP contribution in [0, 0.1) is 0 Å². The van der Waals surface area contributed by atoms with E-state index in [-0.39, 0.29) is 12.4 Å². The monoisotopic (exact) mass is 266 g/mol. The smallest absolute Gasteiger partial charge is 0.0352 e. The zero-order valence-electron chi connectivity index (χ0n) is 11.1. The van der Waals surface area contributed by atoms with E-state index < -0.39 is 0 Å². The molecule has 0 aromatic heterocycles. The first-order valence-corrected chi connectivity index (χ1v) is 6.90. The average Bonchev–Trinajstić information content (AvgIpc) is 2.38. The molecule has 2 atom stereocenters. The molecule has 0 bridgehead atoms. The van der Waals surface area contributed by atoms with E-state index >= 15 is 0 Å². The van der Waals surface area contributed by atoms with Crippen molar-refractivity contribution in [1.29, 1.82) is 0 Å². The fourth-order valence-corrected chi connectivity index (χ4v) is 3.35. The Kier molecular flexibility index (Phi) is 4.66. The Balaban J connectivity index is 0.00000120. The first-order chi connectivity index (χ1) is 8.34. The molecule has 0 saturated carbocycles. The van der Waals surface area contributed by atoms with Crippen LogP contribution in [0.1, 0.15) is 36.9 Å². The van der Waals surface area contributed by atoms with E-state index in [9.17, 15) is 0 Å². The van der Waals surface area contributed by atoms with Gasteiger partial charge in [0.15, 0.2) is 0 Å². The molecule has 0 spiro atoms. The molecule has 1 aromatic rings. The summed E-state index contributed by atoms with van der Waals surface area (Å²) in [7, 11) is 0. The molecular weight excluding hydrogens is 244 g/mol. The van der Waals surface area contributed by atoms with Crippen LogP contribution in [-0.2, 0) is 6.42 Å². The number of halogens is 1. The number of rotatable bonds is 1. The Hall–Kier alpha value is -0.570. The first-order valence-electron chi connectivity index (χ1n) is 6.90. The quantitative estimate of drug-likeness (QED) is 0.841. The number of hydrogen-bond donors (Lipinski definition) is 1. The van der Waals surface area contributed by atoms with Crippen LogP contribution in [0.3, 0.4) is 0 Å². The highest BCUT2D eigenvalue weighted by Gasteiger charge is 2.28. The highest BCUT2D eigenvalue weighted by atomic mass is 35.5. The van der Waals surface area contributed by atoms with Crippen molar-refractivity contribution in [2.45, 2.75) is 38.3 Å². The van der Waals surface area contributed by atoms with Gasteiger partial charge in [-0.15, -0.1) is 12.4 Å². The van der Waals surface area contributed by atoms with Crippen LogP contribution in [0.15, 0.2) is 24.3 Å². The summed E-state index contributed by atoms with van der Waals surface area (Å²) in [5, 5.41) is 3.53. The van der Waals surface area contributed by atoms with Crippen LogP contribution >= 0.6 is 12.4 Å². The van der Waals surface area contributed by atoms with Gasteiger partial charge in [0.1, 0.15) is 0 Å². The second kappa shape index (κ2) is 6.05. The third kappa shape index (κ3) is 2.71. The Morgan fingerprint density at radius 2 is 2.11 bits per heavy atom. The van der Waals surface area contributed by atoms with Crippen molar-refractivity contribution in [1.82, 2.24) is 10.2 Å². The molecule has 1 aliphatic heterocycles. The second-order valence-electron chi connectivity index (χ2n) is 5.46. The molecule has 1 heterocycles. The molecule has 2 unspecified atom stereocenters. The van der Waals surface area contributed by atoms with E-state index in [0.29, 0.717) is 12.1 Å². The van der Waals surface area contributed by atoms with Gasteiger partial charge in [-0.05, 0) is 37.3 Å². The van der Waals surface area contributed by atoms with Gasteiger partial charge in [-0.1, -0.05) is 24.3 Å². The maximum Gasteiger partial charge on any atom is 0.0352 e. The van der Waals surface area contributed by atoms with Crippen molar-refractivity contribution in [3.63, 3.8) is 0 Å². The summed E-state index contributed by atoms with van der Waals surface area (Å²) >= 11 is 0. The fourth-order valence-electron chi connectivity index (χ4n) is 3.35. The van der Waals surface area contributed by atoms with E-state index in [2.05, 4.69) is 41.4 Å². The van der Waals surface area contributed by atoms with Crippen LogP contribution in [0.5, 0.6) is 0 Å². The molecule has 1 saturated heterocycles. The number of nitrogens with one attached hydrogen (secondary N) is 1. The Labute approximate surface area is 116 Å². The molecule has 18 heavy (non-hydrogen) atoms. The van der Waals surface area contributed by atoms with Crippen molar-refractivity contribution in [2.24, 2.45) is 0 Å². The van der Waals surface area contributed by atoms with E-state index in [0.717, 1.165) is 6.54 Å². The normalized spacial score (nSPS) is 28.3. The minimum absolute atomic E-state index is 0. The second-order valence-corrected chi connectivity index (χ2v) is 5.46. The van der Waals surface area contributed by atoms with Crippen LogP contribution in [0.2, 0.25) is 0 Å². The average molecular weight is 267 g/mol. The fraction of sp³-hybridized carbons (Fsp3) is 0.600. The zero-order valence-corrected chi connectivity index (χ0v) is 11.9. The lowest BCUT2D eigenvalue weighted by Crippen LogP contribution is -2.50. The van der Waals surface area contributed by atoms with E-state index in [4.69, 9.17) is 0 Å². The summed E-state index contributed by atoms with van der Waals surface area (Å²) in [6.45, 7) is 5.82. The molecule has 1 aliphatic carbocycles. The first kappa shape index (κ1) is 13.9. The van der Waals surface area contributed by atoms with Crippen molar-refractivity contribution in [2.75, 3.05) is 19.6 Å². The lowest BCUT2D eigenvalue weighted by atomic mass is 9.86. The molecule has 2 aliphatic rings. The van der Waals surface area contributed by atoms with Crippen molar-refractivity contribution < 1.29 is 0 Å². The molecule has 1 aromatic carbocycles. The highest BCUT2D eigenvalue weighted by Crippen LogP contribution is 2.34. The van der Waals surface area contributed by atoms with Gasteiger partial charge < -0.3 is 5.32 Å². The van der Waals surface area contributed by atoms with E-state index in [1.807, 2.05) is 0 Å². The number of fused-ring (bicyclic) bond motifs is 1. The highest BCUT2D eigenvalue weighted by molar-refractivity contribution is 5.85. The Bertz CT molecular complexity index is 394. The molecule has 1 N–H and O–H groups in total. The molecule has 1 fully saturated rings. The molecule has 3 rings (SSSR count). The standard InChI is InChI=1S/C15H22N2.ClH/c1-12-11-17(10-9-16-12)15-8-4-6-13-5-2-3-7-14(13)15;/h2-3,5,7,12,15-16H,4,6,8-11H2,1H3;1H. The summed E-state index contributed by atoms with van der Waals surface area (Å²) in [4.78, 5) is 2.68. The maximum absolute atomic E-state index is 3.53. The van der Waals surface area contributed by atoms with Gasteiger partial charge in [0, 0.05) is 31.7 Å². The van der Waals surface area contributed by atoms with Crippen molar-refractivity contribution in [3.05, 3.63) is 35.4 Å². The Morgan fingerprint density at radius 1 is 1.28 bits per heavy atom. The van der Waals surface area contributed by atoms with Gasteiger partial charge in [0.25, 0.3) is 0 Å². The maximum atomic E-state index is 3.53. The van der Waals surface area contributed by atoms with Gasteiger partial charge in [-0.3, -0.25) is 4.90 Å². The minimum atomic E-state index is 0. The number of hydrogen-bond acceptors (Lipinski definition) is 2. The van der Waals surface area contributed by atoms with Gasteiger partial charge >= 0.3 is 0 Å². The number of benzene rings is 1. The molecule has 0 radical (unpaired) electrons. The summed E-state index contributed by atoms with van der Waals surface area (Å²) < 4.78 is 0. The zero-order chi connectivity index (χ0) is 11.7. The molecular formula is C15H23ClN2. The van der Waals surface area contributed by atoms with Gasteiger partial charge in [0.2, 0.25) is 0 Å². The van der Waals surface area contributed by atoms with Crippen LogP contribution in [-0.4, -0.2) is 30.6 Å². The van der Waals surface area contributed by atoms with Crippen LogP contribution < -0.4 is 5.32 Å². The lowest BCUT2D eigenvalue weighted by molar-refractivity contribution is 0.135. The molecule has 2 nitrogen and oxygen atoms in total.